The van der Waals surface area contributed by atoms with Crippen molar-refractivity contribution in [3.8, 4) is 5.75 Å². The van der Waals surface area contributed by atoms with E-state index in [1.54, 1.807) is 0 Å². The van der Waals surface area contributed by atoms with Crippen LogP contribution in [0.4, 0.5) is 0 Å². The van der Waals surface area contributed by atoms with Crippen molar-refractivity contribution in [3.63, 3.8) is 0 Å². The van der Waals surface area contributed by atoms with Gasteiger partial charge in [0.1, 0.15) is 5.75 Å². The molecule has 1 aliphatic carbocycles. The van der Waals surface area contributed by atoms with Gasteiger partial charge in [-0.2, -0.15) is 0 Å². The van der Waals surface area contributed by atoms with Crippen molar-refractivity contribution < 1.29 is 5.11 Å². The second-order valence-electron chi connectivity index (χ2n) is 11.4. The molecule has 2 aromatic carbocycles. The van der Waals surface area contributed by atoms with Crippen LogP contribution < -0.4 is 0 Å². The molecule has 1 N–H and O–H groups in total. The Morgan fingerprint density at radius 1 is 0.714 bits per heavy atom. The molecule has 150 valence electrons. The zero-order valence-electron chi connectivity index (χ0n) is 19.1. The number of hydrogen-bond donors (Lipinski definition) is 1. The molecular formula is C27H36O. The highest BCUT2D eigenvalue weighted by molar-refractivity contribution is 5.72. The first-order chi connectivity index (χ1) is 12.7. The van der Waals surface area contributed by atoms with Crippen molar-refractivity contribution in [3.05, 3.63) is 69.8 Å². The van der Waals surface area contributed by atoms with Gasteiger partial charge in [-0.15, -0.1) is 0 Å². The second-order valence-corrected chi connectivity index (χ2v) is 11.4. The van der Waals surface area contributed by atoms with Crippen LogP contribution >= 0.6 is 0 Å². The fraction of sp³-hybridized carbons (Fsp3) is 0.481. The van der Waals surface area contributed by atoms with E-state index in [1.165, 1.54) is 22.3 Å². The molecule has 0 spiro atoms. The van der Waals surface area contributed by atoms with Gasteiger partial charge in [0, 0.05) is 11.5 Å². The fourth-order valence-electron chi connectivity index (χ4n) is 4.19. The van der Waals surface area contributed by atoms with Crippen LogP contribution in [0.15, 0.2) is 42.0 Å². The van der Waals surface area contributed by atoms with Crippen molar-refractivity contribution in [2.45, 2.75) is 79.1 Å². The summed E-state index contributed by atoms with van der Waals surface area (Å²) >= 11 is 0. The SMILES string of the molecule is CC(C)(C)C1=Cc2ccccc2C1c1cc(C(C)(C)C)cc(C(C)(C)C)c1O. The molecule has 0 aromatic heterocycles. The van der Waals surface area contributed by atoms with E-state index >= 15 is 0 Å². The lowest BCUT2D eigenvalue weighted by Crippen LogP contribution is -2.20. The Hall–Kier alpha value is -2.02. The average molecular weight is 377 g/mol. The number of rotatable bonds is 1. The molecule has 2 aromatic rings. The number of fused-ring (bicyclic) bond motifs is 1. The molecule has 1 aliphatic rings. The van der Waals surface area contributed by atoms with Gasteiger partial charge < -0.3 is 5.11 Å². The van der Waals surface area contributed by atoms with Crippen molar-refractivity contribution in [1.82, 2.24) is 0 Å². The van der Waals surface area contributed by atoms with Crippen molar-refractivity contribution in [2.24, 2.45) is 5.41 Å². The Bertz CT molecular complexity index is 924. The van der Waals surface area contributed by atoms with E-state index in [4.69, 9.17) is 0 Å². The van der Waals surface area contributed by atoms with Gasteiger partial charge in [-0.05, 0) is 38.5 Å². The average Bonchev–Trinajstić information content (AvgIpc) is 2.92. The molecule has 1 heteroatoms. The van der Waals surface area contributed by atoms with Gasteiger partial charge in [0.25, 0.3) is 0 Å². The molecule has 0 saturated heterocycles. The fourth-order valence-corrected chi connectivity index (χ4v) is 4.19. The summed E-state index contributed by atoms with van der Waals surface area (Å²) in [5, 5.41) is 11.5. The lowest BCUT2D eigenvalue weighted by atomic mass is 9.72. The highest BCUT2D eigenvalue weighted by Crippen LogP contribution is 2.52. The highest BCUT2D eigenvalue weighted by Gasteiger charge is 2.37. The summed E-state index contributed by atoms with van der Waals surface area (Å²) in [7, 11) is 0. The number of allylic oxidation sites excluding steroid dienone is 1. The third kappa shape index (κ3) is 3.64. The van der Waals surface area contributed by atoms with Crippen LogP contribution in [0.5, 0.6) is 5.75 Å². The summed E-state index contributed by atoms with van der Waals surface area (Å²) in [6, 6.07) is 13.1. The second kappa shape index (κ2) is 6.51. The maximum Gasteiger partial charge on any atom is 0.123 e. The van der Waals surface area contributed by atoms with Crippen molar-refractivity contribution in [2.75, 3.05) is 0 Å². The Morgan fingerprint density at radius 3 is 1.86 bits per heavy atom. The van der Waals surface area contributed by atoms with Gasteiger partial charge >= 0.3 is 0 Å². The van der Waals surface area contributed by atoms with Gasteiger partial charge in [-0.3, -0.25) is 0 Å². The Morgan fingerprint density at radius 2 is 1.32 bits per heavy atom. The summed E-state index contributed by atoms with van der Waals surface area (Å²) in [4.78, 5) is 0. The first-order valence-electron chi connectivity index (χ1n) is 10.4. The van der Waals surface area contributed by atoms with Crippen LogP contribution in [0.1, 0.15) is 96.0 Å². The van der Waals surface area contributed by atoms with Crippen molar-refractivity contribution in [1.29, 1.82) is 0 Å². The van der Waals surface area contributed by atoms with E-state index in [0.717, 1.165) is 11.1 Å². The Labute approximate surface area is 171 Å². The van der Waals surface area contributed by atoms with E-state index in [-0.39, 0.29) is 22.2 Å². The van der Waals surface area contributed by atoms with Gasteiger partial charge in [-0.25, -0.2) is 0 Å². The molecule has 1 unspecified atom stereocenters. The maximum atomic E-state index is 11.5. The molecule has 0 saturated carbocycles. The highest BCUT2D eigenvalue weighted by atomic mass is 16.3. The quantitative estimate of drug-likeness (QED) is 0.544. The van der Waals surface area contributed by atoms with Gasteiger partial charge in [0.05, 0.1) is 0 Å². The van der Waals surface area contributed by atoms with Crippen LogP contribution in [0.2, 0.25) is 0 Å². The number of phenolic OH excluding ortho intramolecular Hbond substituents is 1. The first kappa shape index (κ1) is 20.7. The number of benzene rings is 2. The van der Waals surface area contributed by atoms with Gasteiger partial charge in [0.2, 0.25) is 0 Å². The Kier molecular flexibility index (Phi) is 4.81. The molecule has 0 heterocycles. The lowest BCUT2D eigenvalue weighted by molar-refractivity contribution is 0.430. The van der Waals surface area contributed by atoms with E-state index in [0.29, 0.717) is 5.75 Å². The standard InChI is InChI=1S/C27H36O/c1-25(2,3)18-15-20(24(28)22(16-18)27(7,8)9)23-19-13-11-10-12-17(19)14-21(23)26(4,5)6/h10-16,23,28H,1-9H3. The summed E-state index contributed by atoms with van der Waals surface area (Å²) in [5.41, 5.74) is 7.23. The minimum atomic E-state index is -0.121. The largest absolute Gasteiger partial charge is 0.507 e. The molecule has 0 aliphatic heterocycles. The molecule has 0 radical (unpaired) electrons. The van der Waals surface area contributed by atoms with Crippen LogP contribution in [0.3, 0.4) is 0 Å². The predicted octanol–water partition coefficient (Wildman–Crippen LogP) is 7.56. The monoisotopic (exact) mass is 376 g/mol. The van der Waals surface area contributed by atoms with E-state index in [2.05, 4.69) is 105 Å². The first-order valence-corrected chi connectivity index (χ1v) is 10.4. The smallest absolute Gasteiger partial charge is 0.123 e. The summed E-state index contributed by atoms with van der Waals surface area (Å²) in [5.74, 6) is 0.553. The van der Waals surface area contributed by atoms with E-state index in [1.807, 2.05) is 0 Å². The Balaban J connectivity index is 2.34. The number of phenols is 1. The van der Waals surface area contributed by atoms with Crippen LogP contribution in [0, 0.1) is 5.41 Å². The molecule has 0 amide bonds. The van der Waals surface area contributed by atoms with Crippen molar-refractivity contribution >= 4 is 6.08 Å². The molecule has 0 bridgehead atoms. The molecule has 0 fully saturated rings. The lowest BCUT2D eigenvalue weighted by Gasteiger charge is -2.32. The third-order valence-electron chi connectivity index (χ3n) is 5.92. The van der Waals surface area contributed by atoms with Crippen LogP contribution in [-0.2, 0) is 10.8 Å². The minimum absolute atomic E-state index is 0.0200. The number of hydrogen-bond acceptors (Lipinski definition) is 1. The van der Waals surface area contributed by atoms with Gasteiger partial charge in [-0.1, -0.05) is 110 Å². The molecular weight excluding hydrogens is 340 g/mol. The molecule has 28 heavy (non-hydrogen) atoms. The molecule has 1 nitrogen and oxygen atoms in total. The third-order valence-corrected chi connectivity index (χ3v) is 5.92. The topological polar surface area (TPSA) is 20.2 Å². The zero-order valence-corrected chi connectivity index (χ0v) is 19.1. The summed E-state index contributed by atoms with van der Waals surface area (Å²) in [6.07, 6.45) is 2.33. The predicted molar refractivity (Wildman–Crippen MR) is 121 cm³/mol. The zero-order chi connectivity index (χ0) is 21.1. The minimum Gasteiger partial charge on any atom is -0.507 e. The summed E-state index contributed by atoms with van der Waals surface area (Å²) in [6.45, 7) is 20.1. The van der Waals surface area contributed by atoms with E-state index in [9.17, 15) is 5.11 Å². The normalized spacial score (nSPS) is 17.5. The van der Waals surface area contributed by atoms with Gasteiger partial charge in [0.15, 0.2) is 0 Å². The van der Waals surface area contributed by atoms with Crippen LogP contribution in [-0.4, -0.2) is 5.11 Å². The van der Waals surface area contributed by atoms with Crippen LogP contribution in [0.25, 0.3) is 6.08 Å². The number of aromatic hydroxyl groups is 1. The summed E-state index contributed by atoms with van der Waals surface area (Å²) < 4.78 is 0. The molecule has 1 atom stereocenters. The molecule has 3 rings (SSSR count). The maximum absolute atomic E-state index is 11.5. The van der Waals surface area contributed by atoms with E-state index < -0.39 is 0 Å².